The molecule has 0 spiro atoms. The van der Waals surface area contributed by atoms with E-state index in [1.807, 2.05) is 6.26 Å². The first kappa shape index (κ1) is 15.7. The van der Waals surface area contributed by atoms with Crippen LogP contribution in [0.3, 0.4) is 0 Å². The maximum Gasteiger partial charge on any atom is 0.414 e. The number of carbonyl (C=O) groups is 2. The fourth-order valence-corrected chi connectivity index (χ4v) is 2.48. The van der Waals surface area contributed by atoms with Crippen molar-refractivity contribution in [1.82, 2.24) is 0 Å². The molecule has 2 rings (SSSR count). The predicted molar refractivity (Wildman–Crippen MR) is 84.7 cm³/mol. The Bertz CT molecular complexity index is 524. The summed E-state index contributed by atoms with van der Waals surface area (Å²) in [4.78, 5) is 25.0. The van der Waals surface area contributed by atoms with Crippen LogP contribution in [0.1, 0.15) is 6.42 Å². The Morgan fingerprint density at radius 2 is 2.38 bits per heavy atom. The predicted octanol–water partition coefficient (Wildman–Crippen LogP) is 1.66. The first-order chi connectivity index (χ1) is 10.1. The molecule has 0 aromatic heterocycles. The SMILES string of the molecule is CSCC[C@H](N)C(=O)Nc1cccc(N2CCOC2=O)c1. The molecule has 0 saturated carbocycles. The standard InChI is InChI=1S/C14H19N3O3S/c1-21-8-5-12(15)13(18)16-10-3-2-4-11(9-10)17-6-7-20-14(17)19/h2-4,9,12H,5-8,15H2,1H3,(H,16,18)/t12-/m0/s1. The summed E-state index contributed by atoms with van der Waals surface area (Å²) in [7, 11) is 0. The van der Waals surface area contributed by atoms with Crippen molar-refractivity contribution in [1.29, 1.82) is 0 Å². The molecular weight excluding hydrogens is 290 g/mol. The quantitative estimate of drug-likeness (QED) is 0.835. The topological polar surface area (TPSA) is 84.7 Å². The summed E-state index contributed by atoms with van der Waals surface area (Å²) in [6, 6.07) is 6.56. The van der Waals surface area contributed by atoms with Crippen LogP contribution >= 0.6 is 11.8 Å². The van der Waals surface area contributed by atoms with Crippen molar-refractivity contribution in [3.05, 3.63) is 24.3 Å². The minimum atomic E-state index is -0.530. The molecule has 2 amide bonds. The number of nitrogens with two attached hydrogens (primary N) is 1. The number of hydrogen-bond donors (Lipinski definition) is 2. The average molecular weight is 309 g/mol. The molecule has 0 radical (unpaired) electrons. The number of ether oxygens (including phenoxy) is 1. The van der Waals surface area contributed by atoms with Crippen LogP contribution in [0.15, 0.2) is 24.3 Å². The minimum absolute atomic E-state index is 0.217. The Labute approximate surface area is 128 Å². The molecule has 1 aromatic carbocycles. The van der Waals surface area contributed by atoms with E-state index in [1.54, 1.807) is 36.0 Å². The van der Waals surface area contributed by atoms with Gasteiger partial charge in [-0.2, -0.15) is 11.8 Å². The lowest BCUT2D eigenvalue weighted by Gasteiger charge is -2.15. The zero-order valence-electron chi connectivity index (χ0n) is 11.9. The van der Waals surface area contributed by atoms with Crippen molar-refractivity contribution in [3.8, 4) is 0 Å². The van der Waals surface area contributed by atoms with Gasteiger partial charge in [-0.1, -0.05) is 6.07 Å². The van der Waals surface area contributed by atoms with E-state index in [0.717, 1.165) is 5.75 Å². The van der Waals surface area contributed by atoms with Gasteiger partial charge in [0.25, 0.3) is 0 Å². The van der Waals surface area contributed by atoms with Gasteiger partial charge in [-0.15, -0.1) is 0 Å². The van der Waals surface area contributed by atoms with E-state index >= 15 is 0 Å². The summed E-state index contributed by atoms with van der Waals surface area (Å²) in [5, 5.41) is 2.78. The molecule has 1 aromatic rings. The number of rotatable bonds is 6. The van der Waals surface area contributed by atoms with Crippen molar-refractivity contribution in [2.24, 2.45) is 5.73 Å². The van der Waals surface area contributed by atoms with Gasteiger partial charge in [-0.3, -0.25) is 9.69 Å². The largest absolute Gasteiger partial charge is 0.447 e. The smallest absolute Gasteiger partial charge is 0.414 e. The second kappa shape index (κ2) is 7.33. The van der Waals surface area contributed by atoms with Gasteiger partial charge < -0.3 is 15.8 Å². The Morgan fingerprint density at radius 3 is 3.05 bits per heavy atom. The van der Waals surface area contributed by atoms with Crippen LogP contribution in [-0.4, -0.2) is 43.2 Å². The highest BCUT2D eigenvalue weighted by atomic mass is 32.2. The van der Waals surface area contributed by atoms with E-state index < -0.39 is 6.04 Å². The molecule has 1 heterocycles. The summed E-state index contributed by atoms with van der Waals surface area (Å²) >= 11 is 1.66. The van der Waals surface area contributed by atoms with E-state index in [2.05, 4.69) is 5.32 Å². The molecular formula is C14H19N3O3S. The molecule has 1 aliphatic heterocycles. The average Bonchev–Trinajstić information content (AvgIpc) is 2.91. The monoisotopic (exact) mass is 309 g/mol. The van der Waals surface area contributed by atoms with Gasteiger partial charge in [-0.25, -0.2) is 4.79 Å². The lowest BCUT2D eigenvalue weighted by Crippen LogP contribution is -2.36. The molecule has 0 unspecified atom stereocenters. The van der Waals surface area contributed by atoms with Gasteiger partial charge in [0.15, 0.2) is 0 Å². The van der Waals surface area contributed by atoms with E-state index in [4.69, 9.17) is 10.5 Å². The second-order valence-electron chi connectivity index (χ2n) is 4.69. The molecule has 1 atom stereocenters. The third kappa shape index (κ3) is 4.12. The Kier molecular flexibility index (Phi) is 5.46. The zero-order valence-corrected chi connectivity index (χ0v) is 12.7. The summed E-state index contributed by atoms with van der Waals surface area (Å²) in [6.45, 7) is 0.901. The van der Waals surface area contributed by atoms with Crippen LogP contribution in [0.5, 0.6) is 0 Å². The Hall–Kier alpha value is -1.73. The molecule has 6 nitrogen and oxygen atoms in total. The lowest BCUT2D eigenvalue weighted by atomic mass is 10.2. The van der Waals surface area contributed by atoms with E-state index in [1.165, 1.54) is 4.90 Å². The zero-order chi connectivity index (χ0) is 15.2. The second-order valence-corrected chi connectivity index (χ2v) is 5.68. The number of hydrogen-bond acceptors (Lipinski definition) is 5. The summed E-state index contributed by atoms with van der Waals surface area (Å²) in [6.07, 6.45) is 2.24. The lowest BCUT2D eigenvalue weighted by molar-refractivity contribution is -0.117. The Balaban J connectivity index is 2.01. The third-order valence-electron chi connectivity index (χ3n) is 3.16. The highest BCUT2D eigenvalue weighted by Gasteiger charge is 2.23. The number of anilines is 2. The first-order valence-electron chi connectivity index (χ1n) is 6.71. The molecule has 0 bridgehead atoms. The maximum atomic E-state index is 12.0. The molecule has 114 valence electrons. The molecule has 1 saturated heterocycles. The van der Waals surface area contributed by atoms with Crippen molar-refractivity contribution in [3.63, 3.8) is 0 Å². The van der Waals surface area contributed by atoms with Crippen molar-refractivity contribution in [2.75, 3.05) is 35.4 Å². The molecule has 21 heavy (non-hydrogen) atoms. The fourth-order valence-electron chi connectivity index (χ4n) is 1.99. The number of cyclic esters (lactones) is 1. The number of nitrogens with one attached hydrogen (secondary N) is 1. The molecule has 1 fully saturated rings. The highest BCUT2D eigenvalue weighted by molar-refractivity contribution is 7.98. The van der Waals surface area contributed by atoms with E-state index in [0.29, 0.717) is 30.9 Å². The van der Waals surface area contributed by atoms with Gasteiger partial charge in [0.2, 0.25) is 5.91 Å². The maximum absolute atomic E-state index is 12.0. The van der Waals surface area contributed by atoms with Crippen LogP contribution in [0.25, 0.3) is 0 Å². The van der Waals surface area contributed by atoms with Crippen LogP contribution in [0, 0.1) is 0 Å². The third-order valence-corrected chi connectivity index (χ3v) is 3.80. The normalized spacial score (nSPS) is 15.7. The molecule has 1 aliphatic rings. The Morgan fingerprint density at radius 1 is 1.57 bits per heavy atom. The highest BCUT2D eigenvalue weighted by Crippen LogP contribution is 2.22. The van der Waals surface area contributed by atoms with E-state index in [9.17, 15) is 9.59 Å². The van der Waals surface area contributed by atoms with Gasteiger partial charge in [0, 0.05) is 11.4 Å². The molecule has 7 heteroatoms. The van der Waals surface area contributed by atoms with Crippen LogP contribution < -0.4 is 16.0 Å². The van der Waals surface area contributed by atoms with Crippen LogP contribution in [0.4, 0.5) is 16.2 Å². The molecule has 3 N–H and O–H groups in total. The van der Waals surface area contributed by atoms with Crippen molar-refractivity contribution < 1.29 is 14.3 Å². The van der Waals surface area contributed by atoms with Crippen molar-refractivity contribution >= 4 is 35.1 Å². The number of nitrogens with zero attached hydrogens (tertiary/aromatic N) is 1. The van der Waals surface area contributed by atoms with Gasteiger partial charge in [-0.05, 0) is 36.6 Å². The number of thioether (sulfide) groups is 1. The minimum Gasteiger partial charge on any atom is -0.447 e. The summed E-state index contributed by atoms with van der Waals surface area (Å²) in [5.41, 5.74) is 7.15. The number of benzene rings is 1. The fraction of sp³-hybridized carbons (Fsp3) is 0.429. The van der Waals surface area contributed by atoms with Crippen LogP contribution in [-0.2, 0) is 9.53 Å². The summed E-state index contributed by atoms with van der Waals surface area (Å²) in [5.74, 6) is 0.624. The molecule has 0 aliphatic carbocycles. The summed E-state index contributed by atoms with van der Waals surface area (Å²) < 4.78 is 4.90. The first-order valence-corrected chi connectivity index (χ1v) is 8.11. The van der Waals surface area contributed by atoms with E-state index in [-0.39, 0.29) is 12.0 Å². The van der Waals surface area contributed by atoms with Crippen LogP contribution in [0.2, 0.25) is 0 Å². The van der Waals surface area contributed by atoms with Gasteiger partial charge >= 0.3 is 6.09 Å². The number of carbonyl (C=O) groups excluding carboxylic acids is 2. The van der Waals surface area contributed by atoms with Crippen molar-refractivity contribution in [2.45, 2.75) is 12.5 Å². The number of amides is 2. The van der Waals surface area contributed by atoms with Gasteiger partial charge in [0.05, 0.1) is 12.6 Å². The van der Waals surface area contributed by atoms with Gasteiger partial charge in [0.1, 0.15) is 6.61 Å².